The summed E-state index contributed by atoms with van der Waals surface area (Å²) in [6, 6.07) is 0. The quantitative estimate of drug-likeness (QED) is 0.426. The highest BCUT2D eigenvalue weighted by atomic mass is 16.5. The van der Waals surface area contributed by atoms with E-state index in [-0.39, 0.29) is 31.6 Å². The zero-order valence-corrected chi connectivity index (χ0v) is 12.4. The molecule has 0 radical (unpaired) electrons. The molecule has 20 heavy (non-hydrogen) atoms. The van der Waals surface area contributed by atoms with Crippen LogP contribution < -0.4 is 5.73 Å². The highest BCUT2D eigenvalue weighted by Gasteiger charge is 2.05. The highest BCUT2D eigenvalue weighted by molar-refractivity contribution is 5.73. The number of hydrogen-bond donors (Lipinski definition) is 2. The van der Waals surface area contributed by atoms with Crippen LogP contribution in [0.25, 0.3) is 0 Å². The Hall–Kier alpha value is -0.730. The standard InChI is InChI=1S/C13H27NO6/c1-11(2)20-10-12(15)9-19-8-7-18-6-5-17-4-3-13(14)16/h11-12,15H,3-10H2,1-2H3,(H2,14,16). The van der Waals surface area contributed by atoms with E-state index in [0.717, 1.165) is 0 Å². The molecule has 0 saturated heterocycles. The minimum Gasteiger partial charge on any atom is -0.388 e. The fourth-order valence-corrected chi connectivity index (χ4v) is 1.18. The molecule has 0 aliphatic carbocycles. The molecule has 0 rings (SSSR count). The Balaban J connectivity index is 3.14. The Morgan fingerprint density at radius 3 is 2.10 bits per heavy atom. The number of aliphatic hydroxyl groups excluding tert-OH is 1. The molecule has 0 aromatic rings. The molecule has 0 aliphatic rings. The summed E-state index contributed by atoms with van der Waals surface area (Å²) >= 11 is 0. The summed E-state index contributed by atoms with van der Waals surface area (Å²) in [5, 5.41) is 9.49. The van der Waals surface area contributed by atoms with Crippen LogP contribution in [0.1, 0.15) is 20.3 Å². The van der Waals surface area contributed by atoms with Gasteiger partial charge in [0.25, 0.3) is 0 Å². The van der Waals surface area contributed by atoms with E-state index < -0.39 is 6.10 Å². The molecule has 7 nitrogen and oxygen atoms in total. The lowest BCUT2D eigenvalue weighted by atomic mass is 10.4. The summed E-state index contributed by atoms with van der Waals surface area (Å²) in [6.45, 7) is 6.31. The van der Waals surface area contributed by atoms with Crippen molar-refractivity contribution in [1.29, 1.82) is 0 Å². The van der Waals surface area contributed by atoms with E-state index in [1.807, 2.05) is 13.8 Å². The van der Waals surface area contributed by atoms with Crippen molar-refractivity contribution < 1.29 is 28.8 Å². The lowest BCUT2D eigenvalue weighted by Gasteiger charge is -2.13. The van der Waals surface area contributed by atoms with Crippen molar-refractivity contribution in [3.05, 3.63) is 0 Å². The number of primary amides is 1. The Labute approximate surface area is 120 Å². The van der Waals surface area contributed by atoms with Gasteiger partial charge < -0.3 is 29.8 Å². The van der Waals surface area contributed by atoms with Crippen molar-refractivity contribution in [2.45, 2.75) is 32.5 Å². The molecule has 7 heteroatoms. The van der Waals surface area contributed by atoms with Crippen molar-refractivity contribution in [3.8, 4) is 0 Å². The SMILES string of the molecule is CC(C)OCC(O)COCCOCCOCCC(N)=O. The summed E-state index contributed by atoms with van der Waals surface area (Å²) in [5.74, 6) is -0.376. The van der Waals surface area contributed by atoms with Gasteiger partial charge in [0.05, 0.1) is 52.4 Å². The maximum absolute atomic E-state index is 10.4. The second-order valence-corrected chi connectivity index (χ2v) is 4.55. The number of carbonyl (C=O) groups is 1. The highest BCUT2D eigenvalue weighted by Crippen LogP contribution is 1.93. The first kappa shape index (κ1) is 19.3. The van der Waals surface area contributed by atoms with Crippen LogP contribution in [0.4, 0.5) is 0 Å². The Bertz CT molecular complexity index is 237. The average molecular weight is 293 g/mol. The fourth-order valence-electron chi connectivity index (χ4n) is 1.18. The van der Waals surface area contributed by atoms with Crippen molar-refractivity contribution in [2.24, 2.45) is 5.73 Å². The largest absolute Gasteiger partial charge is 0.388 e. The van der Waals surface area contributed by atoms with Crippen molar-refractivity contribution in [1.82, 2.24) is 0 Å². The molecule has 0 bridgehead atoms. The number of hydrogen-bond acceptors (Lipinski definition) is 6. The summed E-state index contributed by atoms with van der Waals surface area (Å²) in [5.41, 5.74) is 4.95. The molecule has 0 saturated carbocycles. The van der Waals surface area contributed by atoms with Gasteiger partial charge in [-0.25, -0.2) is 0 Å². The van der Waals surface area contributed by atoms with Gasteiger partial charge >= 0.3 is 0 Å². The van der Waals surface area contributed by atoms with Crippen LogP contribution in [0, 0.1) is 0 Å². The van der Waals surface area contributed by atoms with E-state index in [9.17, 15) is 9.90 Å². The molecule has 120 valence electrons. The third-order valence-electron chi connectivity index (χ3n) is 2.17. The number of amides is 1. The number of ether oxygens (including phenoxy) is 4. The molecule has 0 spiro atoms. The van der Waals surface area contributed by atoms with Crippen LogP contribution >= 0.6 is 0 Å². The number of rotatable bonds is 14. The number of carbonyl (C=O) groups excluding carboxylic acids is 1. The summed E-state index contributed by atoms with van der Waals surface area (Å²) in [6.07, 6.45) is -0.295. The van der Waals surface area contributed by atoms with E-state index in [1.54, 1.807) is 0 Å². The van der Waals surface area contributed by atoms with Crippen molar-refractivity contribution in [3.63, 3.8) is 0 Å². The van der Waals surface area contributed by atoms with Crippen LogP contribution in [0.15, 0.2) is 0 Å². The third kappa shape index (κ3) is 15.3. The maximum Gasteiger partial charge on any atom is 0.219 e. The van der Waals surface area contributed by atoms with E-state index in [0.29, 0.717) is 33.0 Å². The third-order valence-corrected chi connectivity index (χ3v) is 2.17. The maximum atomic E-state index is 10.4. The zero-order chi connectivity index (χ0) is 15.2. The lowest BCUT2D eigenvalue weighted by molar-refractivity contribution is -0.119. The predicted molar refractivity (Wildman–Crippen MR) is 73.4 cm³/mol. The minimum atomic E-state index is -0.616. The summed E-state index contributed by atoms with van der Waals surface area (Å²) in [4.78, 5) is 10.4. The normalized spacial score (nSPS) is 12.8. The van der Waals surface area contributed by atoms with Gasteiger partial charge in [0.1, 0.15) is 6.10 Å². The Morgan fingerprint density at radius 1 is 1.00 bits per heavy atom. The van der Waals surface area contributed by atoms with Gasteiger partial charge in [0.15, 0.2) is 0 Å². The van der Waals surface area contributed by atoms with Crippen LogP contribution in [-0.4, -0.2) is 69.5 Å². The fraction of sp³-hybridized carbons (Fsp3) is 0.923. The van der Waals surface area contributed by atoms with Crippen LogP contribution in [0.2, 0.25) is 0 Å². The molecule has 1 amide bonds. The monoisotopic (exact) mass is 293 g/mol. The van der Waals surface area contributed by atoms with Crippen molar-refractivity contribution >= 4 is 5.91 Å². The van der Waals surface area contributed by atoms with Crippen molar-refractivity contribution in [2.75, 3.05) is 46.2 Å². The lowest BCUT2D eigenvalue weighted by Crippen LogP contribution is -2.24. The molecular weight excluding hydrogens is 266 g/mol. The van der Waals surface area contributed by atoms with Crippen LogP contribution in [0.5, 0.6) is 0 Å². The Kier molecular flexibility index (Phi) is 12.8. The molecule has 0 aliphatic heterocycles. The van der Waals surface area contributed by atoms with Gasteiger partial charge in [0, 0.05) is 6.42 Å². The van der Waals surface area contributed by atoms with Gasteiger partial charge in [-0.05, 0) is 13.8 Å². The number of nitrogens with two attached hydrogens (primary N) is 1. The molecule has 0 aromatic carbocycles. The Morgan fingerprint density at radius 2 is 1.55 bits per heavy atom. The predicted octanol–water partition coefficient (Wildman–Crippen LogP) is -0.302. The van der Waals surface area contributed by atoms with E-state index in [2.05, 4.69) is 0 Å². The van der Waals surface area contributed by atoms with Crippen LogP contribution in [0.3, 0.4) is 0 Å². The van der Waals surface area contributed by atoms with Gasteiger partial charge in [-0.2, -0.15) is 0 Å². The molecule has 0 aromatic heterocycles. The molecule has 0 heterocycles. The second-order valence-electron chi connectivity index (χ2n) is 4.55. The van der Waals surface area contributed by atoms with Gasteiger partial charge in [0.2, 0.25) is 5.91 Å². The molecule has 1 atom stereocenters. The first-order chi connectivity index (χ1) is 9.52. The molecule has 0 fully saturated rings. The minimum absolute atomic E-state index is 0.0996. The second kappa shape index (κ2) is 13.3. The van der Waals surface area contributed by atoms with E-state index in [1.165, 1.54) is 0 Å². The molecular formula is C13H27NO6. The summed E-state index contributed by atoms with van der Waals surface area (Å²) < 4.78 is 20.8. The molecule has 3 N–H and O–H groups in total. The zero-order valence-electron chi connectivity index (χ0n) is 12.4. The molecule has 1 unspecified atom stereocenters. The topological polar surface area (TPSA) is 100 Å². The van der Waals surface area contributed by atoms with Gasteiger partial charge in [-0.1, -0.05) is 0 Å². The van der Waals surface area contributed by atoms with Gasteiger partial charge in [-0.15, -0.1) is 0 Å². The first-order valence-corrected chi connectivity index (χ1v) is 6.83. The summed E-state index contributed by atoms with van der Waals surface area (Å²) in [7, 11) is 0. The van der Waals surface area contributed by atoms with E-state index in [4.69, 9.17) is 24.7 Å². The smallest absolute Gasteiger partial charge is 0.219 e. The van der Waals surface area contributed by atoms with Crippen LogP contribution in [-0.2, 0) is 23.7 Å². The average Bonchev–Trinajstić information content (AvgIpc) is 2.38. The van der Waals surface area contributed by atoms with E-state index >= 15 is 0 Å². The van der Waals surface area contributed by atoms with Gasteiger partial charge in [-0.3, -0.25) is 4.79 Å². The first-order valence-electron chi connectivity index (χ1n) is 6.83. The number of aliphatic hydroxyl groups is 1.